The van der Waals surface area contributed by atoms with Crippen molar-refractivity contribution in [1.82, 2.24) is 10.2 Å². The summed E-state index contributed by atoms with van der Waals surface area (Å²) in [6.07, 6.45) is 0. The molecule has 0 aliphatic rings. The molecule has 0 rings (SSSR count). The van der Waals surface area contributed by atoms with Gasteiger partial charge in [-0.2, -0.15) is 0 Å². The lowest BCUT2D eigenvalue weighted by molar-refractivity contribution is -0.145. The quantitative estimate of drug-likeness (QED) is 0.664. The third-order valence-electron chi connectivity index (χ3n) is 2.83. The lowest BCUT2D eigenvalue weighted by Crippen LogP contribution is -2.57. The molecule has 2 N–H and O–H groups in total. The second-order valence-electron chi connectivity index (χ2n) is 6.15. The van der Waals surface area contributed by atoms with Crippen LogP contribution in [0.3, 0.4) is 0 Å². The van der Waals surface area contributed by atoms with Gasteiger partial charge in [-0.3, -0.25) is 4.79 Å². The number of nitrogens with one attached hydrogen (secondary N) is 1. The van der Waals surface area contributed by atoms with Crippen LogP contribution >= 0.6 is 0 Å². The van der Waals surface area contributed by atoms with Crippen LogP contribution in [0, 0.1) is 11.8 Å². The molecule has 4 nitrogen and oxygen atoms in total. The normalized spacial score (nSPS) is 15.4. The number of nitrogens with zero attached hydrogens (tertiary/aromatic N) is 1. The highest BCUT2D eigenvalue weighted by Crippen LogP contribution is 2.11. The highest BCUT2D eigenvalue weighted by Gasteiger charge is 2.34. The summed E-state index contributed by atoms with van der Waals surface area (Å²) in [6.45, 7) is 15.5. The van der Waals surface area contributed by atoms with Crippen LogP contribution < -0.4 is 5.32 Å². The van der Waals surface area contributed by atoms with Gasteiger partial charge in [0.2, 0.25) is 0 Å². The van der Waals surface area contributed by atoms with Gasteiger partial charge in [0.15, 0.2) is 0 Å². The zero-order chi connectivity index (χ0) is 14.3. The fraction of sp³-hybridized carbons (Fsp3) is 0.929. The topological polar surface area (TPSA) is 52.6 Å². The summed E-state index contributed by atoms with van der Waals surface area (Å²) < 4.78 is 0. The summed E-state index contributed by atoms with van der Waals surface area (Å²) in [5, 5.41) is 12.5. The average Bonchev–Trinajstić information content (AvgIpc) is 2.14. The Kier molecular flexibility index (Phi) is 7.48. The Hall–Kier alpha value is -0.610. The lowest BCUT2D eigenvalue weighted by atomic mass is 10.00. The SMILES string of the molecule is CCNC(C)(CN(CC(C)C)CC(C)C)C(=O)O. The summed E-state index contributed by atoms with van der Waals surface area (Å²) in [7, 11) is 0. The van der Waals surface area contributed by atoms with Gasteiger partial charge in [0, 0.05) is 19.6 Å². The van der Waals surface area contributed by atoms with Gasteiger partial charge >= 0.3 is 5.97 Å². The molecule has 0 aromatic heterocycles. The van der Waals surface area contributed by atoms with E-state index in [9.17, 15) is 9.90 Å². The Balaban J connectivity index is 4.73. The highest BCUT2D eigenvalue weighted by atomic mass is 16.4. The van der Waals surface area contributed by atoms with Gasteiger partial charge in [0.1, 0.15) is 5.54 Å². The molecule has 0 aromatic carbocycles. The Morgan fingerprint density at radius 3 is 1.94 bits per heavy atom. The molecule has 0 aliphatic heterocycles. The van der Waals surface area contributed by atoms with Crippen molar-refractivity contribution >= 4 is 5.97 Å². The summed E-state index contributed by atoms with van der Waals surface area (Å²) in [5.74, 6) is 0.314. The number of aliphatic carboxylic acids is 1. The van der Waals surface area contributed by atoms with E-state index in [-0.39, 0.29) is 0 Å². The monoisotopic (exact) mass is 258 g/mol. The zero-order valence-corrected chi connectivity index (χ0v) is 12.8. The maximum absolute atomic E-state index is 11.4. The van der Waals surface area contributed by atoms with Gasteiger partial charge in [-0.1, -0.05) is 34.6 Å². The minimum Gasteiger partial charge on any atom is -0.480 e. The van der Waals surface area contributed by atoms with E-state index in [1.165, 1.54) is 0 Å². The smallest absolute Gasteiger partial charge is 0.324 e. The Morgan fingerprint density at radius 1 is 1.22 bits per heavy atom. The number of rotatable bonds is 9. The standard InChI is InChI=1S/C14H30N2O2/c1-7-15-14(6,13(17)18)10-16(8-11(2)3)9-12(4)5/h11-12,15H,7-10H2,1-6H3,(H,17,18). The molecule has 4 heteroatoms. The maximum Gasteiger partial charge on any atom is 0.324 e. The first-order valence-corrected chi connectivity index (χ1v) is 6.92. The van der Waals surface area contributed by atoms with Crippen molar-refractivity contribution in [3.05, 3.63) is 0 Å². The largest absolute Gasteiger partial charge is 0.480 e. The van der Waals surface area contributed by atoms with Crippen molar-refractivity contribution in [2.45, 2.75) is 47.1 Å². The Bertz CT molecular complexity index is 244. The average molecular weight is 258 g/mol. The van der Waals surface area contributed by atoms with E-state index in [2.05, 4.69) is 37.9 Å². The second-order valence-corrected chi connectivity index (χ2v) is 6.15. The molecule has 0 spiro atoms. The number of hydrogen-bond acceptors (Lipinski definition) is 3. The van der Waals surface area contributed by atoms with E-state index in [0.717, 1.165) is 13.1 Å². The molecule has 1 unspecified atom stereocenters. The molecule has 0 radical (unpaired) electrons. The van der Waals surface area contributed by atoms with Crippen molar-refractivity contribution in [2.75, 3.05) is 26.2 Å². The number of carbonyl (C=O) groups is 1. The first-order chi connectivity index (χ1) is 8.21. The van der Waals surface area contributed by atoms with Crippen LogP contribution in [0.2, 0.25) is 0 Å². The molecule has 0 bridgehead atoms. The molecule has 0 saturated heterocycles. The van der Waals surface area contributed by atoms with E-state index in [0.29, 0.717) is 24.9 Å². The zero-order valence-electron chi connectivity index (χ0n) is 12.8. The minimum absolute atomic E-state index is 0.545. The van der Waals surface area contributed by atoms with E-state index in [1.54, 1.807) is 6.92 Å². The molecule has 18 heavy (non-hydrogen) atoms. The molecule has 0 fully saturated rings. The molecule has 0 amide bonds. The molecule has 0 aromatic rings. The Labute approximate surface area is 112 Å². The van der Waals surface area contributed by atoms with Gasteiger partial charge in [-0.15, -0.1) is 0 Å². The van der Waals surface area contributed by atoms with Crippen molar-refractivity contribution < 1.29 is 9.90 Å². The molecular weight excluding hydrogens is 228 g/mol. The molecule has 0 saturated carbocycles. The highest BCUT2D eigenvalue weighted by molar-refractivity contribution is 5.78. The van der Waals surface area contributed by atoms with Gasteiger partial charge in [0.25, 0.3) is 0 Å². The third-order valence-corrected chi connectivity index (χ3v) is 2.83. The molecular formula is C14H30N2O2. The van der Waals surface area contributed by atoms with Crippen LogP contribution in [0.1, 0.15) is 41.5 Å². The van der Waals surface area contributed by atoms with E-state index in [4.69, 9.17) is 0 Å². The van der Waals surface area contributed by atoms with Gasteiger partial charge in [-0.05, 0) is 25.3 Å². The maximum atomic E-state index is 11.4. The predicted octanol–water partition coefficient (Wildman–Crippen LogP) is 2.05. The minimum atomic E-state index is -0.863. The molecule has 108 valence electrons. The van der Waals surface area contributed by atoms with Gasteiger partial charge in [-0.25, -0.2) is 0 Å². The summed E-state index contributed by atoms with van der Waals surface area (Å²) in [5.41, 5.74) is -0.863. The van der Waals surface area contributed by atoms with Gasteiger partial charge in [0.05, 0.1) is 0 Å². The van der Waals surface area contributed by atoms with Crippen LogP contribution in [0.15, 0.2) is 0 Å². The second kappa shape index (κ2) is 7.74. The Morgan fingerprint density at radius 2 is 1.67 bits per heavy atom. The fourth-order valence-corrected chi connectivity index (χ4v) is 2.27. The number of likely N-dealkylation sites (N-methyl/N-ethyl adjacent to an activating group) is 1. The van der Waals surface area contributed by atoms with E-state index < -0.39 is 11.5 Å². The van der Waals surface area contributed by atoms with Crippen molar-refractivity contribution in [3.63, 3.8) is 0 Å². The van der Waals surface area contributed by atoms with Crippen molar-refractivity contribution in [3.8, 4) is 0 Å². The first kappa shape index (κ1) is 17.4. The summed E-state index contributed by atoms with van der Waals surface area (Å²) >= 11 is 0. The predicted molar refractivity (Wildman–Crippen MR) is 75.8 cm³/mol. The van der Waals surface area contributed by atoms with Crippen LogP contribution in [-0.2, 0) is 4.79 Å². The van der Waals surface area contributed by atoms with Crippen molar-refractivity contribution in [1.29, 1.82) is 0 Å². The van der Waals surface area contributed by atoms with Crippen LogP contribution in [0.5, 0.6) is 0 Å². The number of carboxylic acids is 1. The third kappa shape index (κ3) is 6.36. The summed E-state index contributed by atoms with van der Waals surface area (Å²) in [4.78, 5) is 13.7. The van der Waals surface area contributed by atoms with E-state index in [1.807, 2.05) is 6.92 Å². The first-order valence-electron chi connectivity index (χ1n) is 6.92. The van der Waals surface area contributed by atoms with Crippen LogP contribution in [-0.4, -0.2) is 47.7 Å². The summed E-state index contributed by atoms with van der Waals surface area (Å²) in [6, 6.07) is 0. The molecule has 1 atom stereocenters. The molecule has 0 aliphatic carbocycles. The van der Waals surface area contributed by atoms with Gasteiger partial charge < -0.3 is 15.3 Å². The van der Waals surface area contributed by atoms with Crippen LogP contribution in [0.4, 0.5) is 0 Å². The lowest BCUT2D eigenvalue weighted by Gasteiger charge is -2.34. The van der Waals surface area contributed by atoms with Crippen molar-refractivity contribution in [2.24, 2.45) is 11.8 Å². The molecule has 0 heterocycles. The fourth-order valence-electron chi connectivity index (χ4n) is 2.27. The van der Waals surface area contributed by atoms with Crippen LogP contribution in [0.25, 0.3) is 0 Å². The number of carboxylic acid groups (broad SMARTS) is 1. The number of hydrogen-bond donors (Lipinski definition) is 2. The van der Waals surface area contributed by atoms with E-state index >= 15 is 0 Å².